The summed E-state index contributed by atoms with van der Waals surface area (Å²) in [6.07, 6.45) is 5.91. The first-order valence-corrected chi connectivity index (χ1v) is 8.64. The second-order valence-corrected chi connectivity index (χ2v) is 6.67. The van der Waals surface area contributed by atoms with Crippen molar-refractivity contribution in [1.82, 2.24) is 14.9 Å². The van der Waals surface area contributed by atoms with Gasteiger partial charge in [0.1, 0.15) is 12.0 Å². The molecule has 1 saturated heterocycles. The Kier molecular flexibility index (Phi) is 5.00. The predicted molar refractivity (Wildman–Crippen MR) is 87.2 cm³/mol. The van der Waals surface area contributed by atoms with Crippen LogP contribution in [0.5, 0.6) is 0 Å². The molecular weight excluding hydrogens is 298 g/mol. The number of carbonyl (C=O) groups is 1. The molecule has 1 aliphatic heterocycles. The van der Waals surface area contributed by atoms with Gasteiger partial charge in [0.15, 0.2) is 0 Å². The van der Waals surface area contributed by atoms with Gasteiger partial charge >= 0.3 is 0 Å². The van der Waals surface area contributed by atoms with Gasteiger partial charge in [0.05, 0.1) is 10.2 Å². The van der Waals surface area contributed by atoms with Gasteiger partial charge in [-0.05, 0) is 36.6 Å². The summed E-state index contributed by atoms with van der Waals surface area (Å²) in [4.78, 5) is 23.3. The number of carbonyl (C=O) groups excluding carboxylic acids is 1. The van der Waals surface area contributed by atoms with Crippen molar-refractivity contribution in [2.45, 2.75) is 25.7 Å². The van der Waals surface area contributed by atoms with Crippen LogP contribution in [0.15, 0.2) is 17.8 Å². The van der Waals surface area contributed by atoms with E-state index in [0.717, 1.165) is 42.8 Å². The zero-order chi connectivity index (χ0) is 15.4. The minimum absolute atomic E-state index is 0.0409. The number of hydrogen-bond acceptors (Lipinski definition) is 5. The van der Waals surface area contributed by atoms with Crippen molar-refractivity contribution in [1.29, 1.82) is 0 Å². The van der Waals surface area contributed by atoms with E-state index in [1.54, 1.807) is 7.11 Å². The fourth-order valence-corrected chi connectivity index (χ4v) is 3.85. The van der Waals surface area contributed by atoms with E-state index in [-0.39, 0.29) is 5.91 Å². The number of rotatable bonds is 4. The molecule has 0 saturated carbocycles. The number of thiophene rings is 1. The molecule has 118 valence electrons. The van der Waals surface area contributed by atoms with E-state index in [1.807, 2.05) is 16.3 Å². The first kappa shape index (κ1) is 15.4. The van der Waals surface area contributed by atoms with Crippen molar-refractivity contribution in [2.24, 2.45) is 5.92 Å². The quantitative estimate of drug-likeness (QED) is 0.869. The molecule has 1 aliphatic rings. The van der Waals surface area contributed by atoms with Crippen molar-refractivity contribution >= 4 is 27.5 Å². The number of aromatic nitrogens is 2. The van der Waals surface area contributed by atoms with Gasteiger partial charge in [0.25, 0.3) is 5.91 Å². The van der Waals surface area contributed by atoms with Crippen molar-refractivity contribution in [3.8, 4) is 0 Å². The number of ether oxygens (including phenoxy) is 1. The summed E-state index contributed by atoms with van der Waals surface area (Å²) in [6.45, 7) is 2.38. The summed E-state index contributed by atoms with van der Waals surface area (Å²) >= 11 is 1.53. The maximum Gasteiger partial charge on any atom is 0.274 e. The maximum atomic E-state index is 12.9. The topological polar surface area (TPSA) is 55.3 Å². The second kappa shape index (κ2) is 7.15. The summed E-state index contributed by atoms with van der Waals surface area (Å²) in [5.74, 6) is 0.561. The molecular formula is C16H21N3O2S. The number of likely N-dealkylation sites (tertiary alicyclic amines) is 1. The molecule has 0 N–H and O–H groups in total. The molecule has 5 nitrogen and oxygen atoms in total. The van der Waals surface area contributed by atoms with Crippen molar-refractivity contribution in [3.05, 3.63) is 23.5 Å². The molecule has 2 aromatic rings. The van der Waals surface area contributed by atoms with Gasteiger partial charge in [-0.25, -0.2) is 9.97 Å². The van der Waals surface area contributed by atoms with Gasteiger partial charge in [-0.3, -0.25) is 4.79 Å². The van der Waals surface area contributed by atoms with Crippen LogP contribution in [-0.2, 0) is 4.74 Å². The van der Waals surface area contributed by atoms with E-state index in [9.17, 15) is 4.79 Å². The number of hydrogen-bond donors (Lipinski definition) is 0. The molecule has 3 heterocycles. The highest BCUT2D eigenvalue weighted by Crippen LogP contribution is 2.25. The second-order valence-electron chi connectivity index (χ2n) is 5.75. The Bertz CT molecular complexity index is 643. The standard InChI is InChI=1S/C16H21N3O2S/c1-21-8-5-12-4-2-3-7-19(10-12)16(20)14-15-13(6-9-22-15)17-11-18-14/h6,9,11-12H,2-5,7-8,10H2,1H3. The molecule has 0 aliphatic carbocycles. The van der Waals surface area contributed by atoms with Crippen LogP contribution in [0.1, 0.15) is 36.2 Å². The van der Waals surface area contributed by atoms with Crippen LogP contribution in [-0.4, -0.2) is 47.6 Å². The molecule has 0 radical (unpaired) electrons. The Morgan fingerprint density at radius 1 is 1.45 bits per heavy atom. The van der Waals surface area contributed by atoms with Crippen molar-refractivity contribution in [3.63, 3.8) is 0 Å². The third kappa shape index (κ3) is 3.28. The van der Waals surface area contributed by atoms with Gasteiger partial charge in [0.2, 0.25) is 0 Å². The SMILES string of the molecule is COCCC1CCCCN(C(=O)c2ncnc3ccsc23)C1. The van der Waals surface area contributed by atoms with Gasteiger partial charge in [-0.1, -0.05) is 6.42 Å². The Morgan fingerprint density at radius 3 is 3.23 bits per heavy atom. The first-order chi connectivity index (χ1) is 10.8. The molecule has 6 heteroatoms. The first-order valence-electron chi connectivity index (χ1n) is 7.76. The van der Waals surface area contributed by atoms with Crippen LogP contribution in [0.25, 0.3) is 10.2 Å². The Hall–Kier alpha value is -1.53. The summed E-state index contributed by atoms with van der Waals surface area (Å²) < 4.78 is 6.08. The zero-order valence-electron chi connectivity index (χ0n) is 12.8. The zero-order valence-corrected chi connectivity index (χ0v) is 13.6. The van der Waals surface area contributed by atoms with Gasteiger partial charge in [-0.15, -0.1) is 11.3 Å². The van der Waals surface area contributed by atoms with E-state index in [1.165, 1.54) is 30.5 Å². The predicted octanol–water partition coefficient (Wildman–Crippen LogP) is 2.97. The highest BCUT2D eigenvalue weighted by molar-refractivity contribution is 7.17. The average Bonchev–Trinajstić information content (AvgIpc) is 2.90. The Morgan fingerprint density at radius 2 is 2.36 bits per heavy atom. The third-order valence-corrected chi connectivity index (χ3v) is 5.14. The summed E-state index contributed by atoms with van der Waals surface area (Å²) in [5.41, 5.74) is 1.40. The summed E-state index contributed by atoms with van der Waals surface area (Å²) in [7, 11) is 1.73. The van der Waals surface area contributed by atoms with Crippen LogP contribution in [0, 0.1) is 5.92 Å². The van der Waals surface area contributed by atoms with Gasteiger partial charge in [-0.2, -0.15) is 0 Å². The van der Waals surface area contributed by atoms with Crippen LogP contribution >= 0.6 is 11.3 Å². The molecule has 1 fully saturated rings. The smallest absolute Gasteiger partial charge is 0.274 e. The lowest BCUT2D eigenvalue weighted by atomic mass is 10.00. The normalized spacial score (nSPS) is 19.3. The number of methoxy groups -OCH3 is 1. The lowest BCUT2D eigenvalue weighted by Crippen LogP contribution is -2.35. The highest BCUT2D eigenvalue weighted by atomic mass is 32.1. The molecule has 3 rings (SSSR count). The number of fused-ring (bicyclic) bond motifs is 1. The molecule has 1 unspecified atom stereocenters. The highest BCUT2D eigenvalue weighted by Gasteiger charge is 2.25. The molecule has 0 bridgehead atoms. The molecule has 22 heavy (non-hydrogen) atoms. The maximum absolute atomic E-state index is 12.9. The number of nitrogens with zero attached hydrogens (tertiary/aromatic N) is 3. The lowest BCUT2D eigenvalue weighted by molar-refractivity contribution is 0.0724. The molecule has 0 aromatic carbocycles. The molecule has 1 atom stereocenters. The fourth-order valence-electron chi connectivity index (χ4n) is 3.03. The van der Waals surface area contributed by atoms with Crippen molar-refractivity contribution in [2.75, 3.05) is 26.8 Å². The van der Waals surface area contributed by atoms with Crippen LogP contribution in [0.3, 0.4) is 0 Å². The van der Waals surface area contributed by atoms with Crippen LogP contribution in [0.4, 0.5) is 0 Å². The Labute approximate surface area is 134 Å². The molecule has 2 aromatic heterocycles. The van der Waals surface area contributed by atoms with Gasteiger partial charge in [0, 0.05) is 26.8 Å². The van der Waals surface area contributed by atoms with E-state index < -0.39 is 0 Å². The van der Waals surface area contributed by atoms with Crippen LogP contribution < -0.4 is 0 Å². The van der Waals surface area contributed by atoms with Crippen molar-refractivity contribution < 1.29 is 9.53 Å². The monoisotopic (exact) mass is 319 g/mol. The van der Waals surface area contributed by atoms with E-state index in [4.69, 9.17) is 4.74 Å². The fraction of sp³-hybridized carbons (Fsp3) is 0.562. The van der Waals surface area contributed by atoms with E-state index >= 15 is 0 Å². The minimum Gasteiger partial charge on any atom is -0.385 e. The lowest BCUT2D eigenvalue weighted by Gasteiger charge is -2.24. The average molecular weight is 319 g/mol. The number of amides is 1. The van der Waals surface area contributed by atoms with Gasteiger partial charge < -0.3 is 9.64 Å². The molecule has 0 spiro atoms. The summed E-state index contributed by atoms with van der Waals surface area (Å²) in [6, 6.07) is 1.93. The van der Waals surface area contributed by atoms with Crippen LogP contribution in [0.2, 0.25) is 0 Å². The summed E-state index contributed by atoms with van der Waals surface area (Å²) in [5, 5.41) is 1.96. The molecule has 1 amide bonds. The third-order valence-electron chi connectivity index (χ3n) is 4.23. The minimum atomic E-state index is 0.0409. The van der Waals surface area contributed by atoms with E-state index in [0.29, 0.717) is 11.6 Å². The Balaban J connectivity index is 1.79. The largest absolute Gasteiger partial charge is 0.385 e. The van der Waals surface area contributed by atoms with E-state index in [2.05, 4.69) is 9.97 Å².